The van der Waals surface area contributed by atoms with Gasteiger partial charge in [-0.25, -0.2) is 0 Å². The van der Waals surface area contributed by atoms with Crippen LogP contribution in [0.5, 0.6) is 0 Å². The Balaban J connectivity index is 1.59. The second-order valence-corrected chi connectivity index (χ2v) is 6.31. The van der Waals surface area contributed by atoms with Gasteiger partial charge in [-0.15, -0.1) is 0 Å². The van der Waals surface area contributed by atoms with Crippen LogP contribution in [0.2, 0.25) is 0 Å². The summed E-state index contributed by atoms with van der Waals surface area (Å²) >= 11 is 0. The Morgan fingerprint density at radius 2 is 1.92 bits per heavy atom. The normalized spacial score (nSPS) is 15.0. The molecular weight excluding hydrogens is 316 g/mol. The fourth-order valence-electron chi connectivity index (χ4n) is 3.12. The minimum Gasteiger partial charge on any atom is -0.371 e. The molecule has 25 heavy (non-hydrogen) atoms. The van der Waals surface area contributed by atoms with Crippen molar-refractivity contribution in [2.45, 2.75) is 25.8 Å². The molecule has 1 aliphatic heterocycles. The van der Waals surface area contributed by atoms with Gasteiger partial charge in [0.15, 0.2) is 0 Å². The number of benzene rings is 1. The van der Waals surface area contributed by atoms with E-state index in [4.69, 9.17) is 5.73 Å². The maximum atomic E-state index is 12.4. The molecule has 0 radical (unpaired) electrons. The van der Waals surface area contributed by atoms with Crippen LogP contribution < -0.4 is 16.0 Å². The number of amides is 2. The summed E-state index contributed by atoms with van der Waals surface area (Å²) in [6.07, 6.45) is 3.30. The third-order valence-corrected chi connectivity index (χ3v) is 4.58. The van der Waals surface area contributed by atoms with E-state index in [0.29, 0.717) is 0 Å². The predicted molar refractivity (Wildman–Crippen MR) is 96.6 cm³/mol. The van der Waals surface area contributed by atoms with Crippen molar-refractivity contribution in [3.63, 3.8) is 0 Å². The van der Waals surface area contributed by atoms with Gasteiger partial charge in [0, 0.05) is 36.6 Å². The van der Waals surface area contributed by atoms with Crippen molar-refractivity contribution in [3.05, 3.63) is 59.4 Å². The van der Waals surface area contributed by atoms with Gasteiger partial charge in [0.2, 0.25) is 0 Å². The number of hydrogen-bond donors (Lipinski definition) is 2. The summed E-state index contributed by atoms with van der Waals surface area (Å²) in [5.74, 6) is -0.543. The maximum Gasteiger partial charge on any atom is 0.267 e. The second kappa shape index (κ2) is 7.34. The van der Waals surface area contributed by atoms with Crippen LogP contribution in [0.1, 0.15) is 39.3 Å². The topological polar surface area (TPSA) is 88.3 Å². The van der Waals surface area contributed by atoms with Gasteiger partial charge >= 0.3 is 0 Å². The van der Waals surface area contributed by atoms with Crippen molar-refractivity contribution < 1.29 is 9.59 Å². The molecule has 2 amide bonds. The van der Waals surface area contributed by atoms with Gasteiger partial charge in [0.05, 0.1) is 0 Å². The Kier molecular flexibility index (Phi) is 4.97. The van der Waals surface area contributed by atoms with Crippen LogP contribution in [0, 0.1) is 6.92 Å². The summed E-state index contributed by atoms with van der Waals surface area (Å²) in [5, 5.41) is 3.13. The quantitative estimate of drug-likeness (QED) is 0.891. The SMILES string of the molecule is Cc1ccccc1C(=O)NC1CCN(c2ccnc(C(N)=O)c2)CC1. The lowest BCUT2D eigenvalue weighted by atomic mass is 10.0. The minimum absolute atomic E-state index is 0.0172. The molecule has 2 heterocycles. The Morgan fingerprint density at radius 3 is 2.60 bits per heavy atom. The molecule has 0 spiro atoms. The molecule has 0 bridgehead atoms. The molecule has 0 saturated carbocycles. The molecular formula is C19H22N4O2. The summed E-state index contributed by atoms with van der Waals surface area (Å²) in [4.78, 5) is 29.8. The smallest absolute Gasteiger partial charge is 0.267 e. The Labute approximate surface area is 147 Å². The van der Waals surface area contributed by atoms with Crippen molar-refractivity contribution in [2.24, 2.45) is 5.73 Å². The zero-order valence-corrected chi connectivity index (χ0v) is 14.2. The van der Waals surface area contributed by atoms with Crippen LogP contribution in [0.4, 0.5) is 5.69 Å². The number of piperidine rings is 1. The van der Waals surface area contributed by atoms with Gasteiger partial charge < -0.3 is 16.0 Å². The monoisotopic (exact) mass is 338 g/mol. The van der Waals surface area contributed by atoms with Gasteiger partial charge in [-0.2, -0.15) is 0 Å². The fourth-order valence-corrected chi connectivity index (χ4v) is 3.12. The zero-order chi connectivity index (χ0) is 17.8. The number of pyridine rings is 1. The highest BCUT2D eigenvalue weighted by Crippen LogP contribution is 2.20. The summed E-state index contributed by atoms with van der Waals surface area (Å²) in [5.41, 5.74) is 8.20. The number of anilines is 1. The molecule has 3 N–H and O–H groups in total. The molecule has 2 aromatic rings. The van der Waals surface area contributed by atoms with Crippen molar-refractivity contribution in [2.75, 3.05) is 18.0 Å². The number of carbonyl (C=O) groups is 2. The molecule has 1 fully saturated rings. The van der Waals surface area contributed by atoms with Crippen molar-refractivity contribution in [3.8, 4) is 0 Å². The lowest BCUT2D eigenvalue weighted by Crippen LogP contribution is -2.44. The first kappa shape index (κ1) is 17.0. The first-order valence-electron chi connectivity index (χ1n) is 8.42. The Hall–Kier alpha value is -2.89. The molecule has 3 rings (SSSR count). The predicted octanol–water partition coefficient (Wildman–Crippen LogP) is 1.89. The summed E-state index contributed by atoms with van der Waals surface area (Å²) in [6, 6.07) is 11.3. The zero-order valence-electron chi connectivity index (χ0n) is 14.2. The summed E-state index contributed by atoms with van der Waals surface area (Å²) < 4.78 is 0. The highest BCUT2D eigenvalue weighted by atomic mass is 16.2. The average Bonchev–Trinajstić information content (AvgIpc) is 2.62. The second-order valence-electron chi connectivity index (χ2n) is 6.31. The number of carbonyl (C=O) groups excluding carboxylic acids is 2. The van der Waals surface area contributed by atoms with Crippen molar-refractivity contribution >= 4 is 17.5 Å². The van der Waals surface area contributed by atoms with E-state index < -0.39 is 5.91 Å². The largest absolute Gasteiger partial charge is 0.371 e. The highest BCUT2D eigenvalue weighted by Gasteiger charge is 2.22. The van der Waals surface area contributed by atoms with E-state index in [1.165, 1.54) is 0 Å². The maximum absolute atomic E-state index is 12.4. The first-order valence-corrected chi connectivity index (χ1v) is 8.42. The van der Waals surface area contributed by atoms with E-state index >= 15 is 0 Å². The fraction of sp³-hybridized carbons (Fsp3) is 0.316. The van der Waals surface area contributed by atoms with Gasteiger partial charge in [0.25, 0.3) is 11.8 Å². The molecule has 1 aliphatic rings. The van der Waals surface area contributed by atoms with Crippen LogP contribution >= 0.6 is 0 Å². The molecule has 1 aromatic heterocycles. The lowest BCUT2D eigenvalue weighted by molar-refractivity contribution is 0.0929. The van der Waals surface area contributed by atoms with Gasteiger partial charge in [0.1, 0.15) is 5.69 Å². The molecule has 6 heteroatoms. The van der Waals surface area contributed by atoms with Crippen LogP contribution in [-0.4, -0.2) is 35.9 Å². The van der Waals surface area contributed by atoms with Crippen molar-refractivity contribution in [1.82, 2.24) is 10.3 Å². The molecule has 6 nitrogen and oxygen atoms in total. The van der Waals surface area contributed by atoms with Crippen molar-refractivity contribution in [1.29, 1.82) is 0 Å². The number of aromatic nitrogens is 1. The van der Waals surface area contributed by atoms with Crippen LogP contribution in [0.3, 0.4) is 0 Å². The Morgan fingerprint density at radius 1 is 1.20 bits per heavy atom. The summed E-state index contributed by atoms with van der Waals surface area (Å²) in [6.45, 7) is 3.55. The lowest BCUT2D eigenvalue weighted by Gasteiger charge is -2.34. The standard InChI is InChI=1S/C19H22N4O2/c1-13-4-2-3-5-16(13)19(25)22-14-7-10-23(11-8-14)15-6-9-21-17(12-15)18(20)24/h2-6,9,12,14H,7-8,10-11H2,1H3,(H2,20,24)(H,22,25). The van der Waals surface area contributed by atoms with Gasteiger partial charge in [-0.1, -0.05) is 18.2 Å². The van der Waals surface area contributed by atoms with Crippen LogP contribution in [0.15, 0.2) is 42.6 Å². The number of hydrogen-bond acceptors (Lipinski definition) is 4. The molecule has 1 aromatic carbocycles. The number of nitrogens with one attached hydrogen (secondary N) is 1. The number of nitrogens with two attached hydrogens (primary N) is 1. The minimum atomic E-state index is -0.526. The average molecular weight is 338 g/mol. The number of primary amides is 1. The molecule has 1 saturated heterocycles. The third-order valence-electron chi connectivity index (χ3n) is 4.58. The third kappa shape index (κ3) is 3.96. The van der Waals surface area contributed by atoms with Gasteiger partial charge in [-0.05, 0) is 43.5 Å². The van der Waals surface area contributed by atoms with E-state index in [-0.39, 0.29) is 17.6 Å². The molecule has 0 unspecified atom stereocenters. The van der Waals surface area contributed by atoms with Crippen LogP contribution in [-0.2, 0) is 0 Å². The van der Waals surface area contributed by atoms with E-state index in [1.807, 2.05) is 37.3 Å². The molecule has 0 atom stereocenters. The Bertz CT molecular complexity index is 782. The van der Waals surface area contributed by atoms with E-state index in [2.05, 4.69) is 15.2 Å². The number of rotatable bonds is 4. The molecule has 0 aliphatic carbocycles. The van der Waals surface area contributed by atoms with E-state index in [0.717, 1.165) is 42.7 Å². The number of aryl methyl sites for hydroxylation is 1. The highest BCUT2D eigenvalue weighted by molar-refractivity contribution is 5.95. The van der Waals surface area contributed by atoms with E-state index in [9.17, 15) is 9.59 Å². The first-order chi connectivity index (χ1) is 12.0. The number of nitrogens with zero attached hydrogens (tertiary/aromatic N) is 2. The summed E-state index contributed by atoms with van der Waals surface area (Å²) in [7, 11) is 0. The van der Waals surface area contributed by atoms with Gasteiger partial charge in [-0.3, -0.25) is 14.6 Å². The van der Waals surface area contributed by atoms with E-state index in [1.54, 1.807) is 12.3 Å². The molecule has 130 valence electrons. The van der Waals surface area contributed by atoms with Crippen LogP contribution in [0.25, 0.3) is 0 Å².